The summed E-state index contributed by atoms with van der Waals surface area (Å²) in [6.07, 6.45) is 3.78. The van der Waals surface area contributed by atoms with Gasteiger partial charge in [0.25, 0.3) is 5.19 Å². The van der Waals surface area contributed by atoms with Gasteiger partial charge in [0, 0.05) is 24.0 Å². The van der Waals surface area contributed by atoms with Crippen LogP contribution in [0.15, 0.2) is 35.8 Å². The third-order valence-electron chi connectivity index (χ3n) is 2.95. The normalized spacial score (nSPS) is 14.1. The first kappa shape index (κ1) is 12.2. The second-order valence-corrected chi connectivity index (χ2v) is 5.39. The molecule has 0 unspecified atom stereocenters. The largest absolute Gasteiger partial charge is 0.431 e. The summed E-state index contributed by atoms with van der Waals surface area (Å²) in [5.74, 6) is 1.18. The third kappa shape index (κ3) is 3.32. The molecular formula is C14H14N2O2S. The van der Waals surface area contributed by atoms with Crippen molar-refractivity contribution >= 4 is 17.2 Å². The molecule has 1 aliphatic carbocycles. The predicted molar refractivity (Wildman–Crippen MR) is 73.2 cm³/mol. The molecule has 1 aromatic heterocycles. The molecule has 1 aromatic carbocycles. The van der Waals surface area contributed by atoms with Gasteiger partial charge in [-0.3, -0.25) is 4.79 Å². The zero-order valence-corrected chi connectivity index (χ0v) is 11.2. The van der Waals surface area contributed by atoms with Gasteiger partial charge in [-0.15, -0.1) is 0 Å². The van der Waals surface area contributed by atoms with Crippen LogP contribution in [0.4, 0.5) is 0 Å². The molecule has 1 heterocycles. The molecule has 4 nitrogen and oxygen atoms in total. The van der Waals surface area contributed by atoms with Crippen molar-refractivity contribution in [3.63, 3.8) is 0 Å². The number of rotatable bonds is 5. The van der Waals surface area contributed by atoms with Crippen LogP contribution in [0.5, 0.6) is 10.9 Å². The minimum Gasteiger partial charge on any atom is -0.431 e. The smallest absolute Gasteiger partial charge is 0.278 e. The van der Waals surface area contributed by atoms with E-state index in [2.05, 4.69) is 10.3 Å². The second kappa shape index (κ2) is 5.40. The fourth-order valence-electron chi connectivity index (χ4n) is 1.72. The van der Waals surface area contributed by atoms with E-state index in [9.17, 15) is 4.79 Å². The van der Waals surface area contributed by atoms with Gasteiger partial charge in [-0.25, -0.2) is 4.98 Å². The van der Waals surface area contributed by atoms with Gasteiger partial charge in [0.2, 0.25) is 5.91 Å². The van der Waals surface area contributed by atoms with Gasteiger partial charge in [0.05, 0.1) is 0 Å². The van der Waals surface area contributed by atoms with E-state index in [1.807, 2.05) is 29.6 Å². The first-order chi connectivity index (χ1) is 9.31. The molecule has 1 amide bonds. The van der Waals surface area contributed by atoms with Gasteiger partial charge in [0.1, 0.15) is 5.75 Å². The highest BCUT2D eigenvalue weighted by Crippen LogP contribution is 2.29. The monoisotopic (exact) mass is 274 g/mol. The molecule has 0 radical (unpaired) electrons. The van der Waals surface area contributed by atoms with Crippen molar-refractivity contribution in [2.24, 2.45) is 5.92 Å². The summed E-state index contributed by atoms with van der Waals surface area (Å²) in [5.41, 5.74) is 1.07. The summed E-state index contributed by atoms with van der Waals surface area (Å²) in [7, 11) is 0. The molecule has 2 aromatic rings. The average molecular weight is 274 g/mol. The first-order valence-corrected chi connectivity index (χ1v) is 7.13. The van der Waals surface area contributed by atoms with Crippen molar-refractivity contribution in [2.45, 2.75) is 19.4 Å². The number of carbonyl (C=O) groups is 1. The van der Waals surface area contributed by atoms with Gasteiger partial charge in [-0.05, 0) is 30.5 Å². The van der Waals surface area contributed by atoms with Crippen LogP contribution in [0, 0.1) is 5.92 Å². The summed E-state index contributed by atoms with van der Waals surface area (Å²) in [4.78, 5) is 15.6. The average Bonchev–Trinajstić information content (AvgIpc) is 3.17. The van der Waals surface area contributed by atoms with Gasteiger partial charge >= 0.3 is 0 Å². The highest BCUT2D eigenvalue weighted by atomic mass is 32.1. The number of aromatic nitrogens is 1. The molecule has 5 heteroatoms. The molecule has 19 heavy (non-hydrogen) atoms. The lowest BCUT2D eigenvalue weighted by Crippen LogP contribution is -2.24. The Morgan fingerprint density at radius 2 is 2.16 bits per heavy atom. The lowest BCUT2D eigenvalue weighted by atomic mass is 10.2. The van der Waals surface area contributed by atoms with E-state index < -0.39 is 0 Å². The van der Waals surface area contributed by atoms with E-state index >= 15 is 0 Å². The quantitative estimate of drug-likeness (QED) is 0.912. The maximum absolute atomic E-state index is 11.5. The number of hydrogen-bond acceptors (Lipinski definition) is 4. The molecule has 1 fully saturated rings. The highest BCUT2D eigenvalue weighted by Gasteiger charge is 2.29. The Balaban J connectivity index is 1.54. The number of carbonyl (C=O) groups excluding carboxylic acids is 1. The zero-order chi connectivity index (χ0) is 13.1. The summed E-state index contributed by atoms with van der Waals surface area (Å²) in [6, 6.07) is 7.69. The Bertz CT molecular complexity index is 547. The molecule has 0 aliphatic heterocycles. The lowest BCUT2D eigenvalue weighted by molar-refractivity contribution is -0.122. The van der Waals surface area contributed by atoms with Gasteiger partial charge < -0.3 is 10.1 Å². The van der Waals surface area contributed by atoms with Crippen LogP contribution in [0.1, 0.15) is 18.4 Å². The van der Waals surface area contributed by atoms with E-state index in [1.165, 1.54) is 11.3 Å². The molecule has 1 N–H and O–H groups in total. The Labute approximate surface area is 115 Å². The molecule has 1 saturated carbocycles. The minimum absolute atomic E-state index is 0.170. The number of nitrogens with zero attached hydrogens (tertiary/aromatic N) is 1. The summed E-state index contributed by atoms with van der Waals surface area (Å²) < 4.78 is 5.57. The molecule has 0 atom stereocenters. The fourth-order valence-corrected chi connectivity index (χ4v) is 2.22. The van der Waals surface area contributed by atoms with Crippen LogP contribution in [-0.4, -0.2) is 10.9 Å². The Morgan fingerprint density at radius 1 is 1.37 bits per heavy atom. The Kier molecular flexibility index (Phi) is 3.46. The number of hydrogen-bond donors (Lipinski definition) is 1. The van der Waals surface area contributed by atoms with Crippen LogP contribution in [0.3, 0.4) is 0 Å². The SMILES string of the molecule is O=C(NCc1ccc(Oc2nccs2)cc1)C1CC1. The van der Waals surface area contributed by atoms with Crippen LogP contribution >= 0.6 is 11.3 Å². The predicted octanol–water partition coefficient (Wildman–Crippen LogP) is 2.96. The van der Waals surface area contributed by atoms with E-state index in [-0.39, 0.29) is 11.8 Å². The van der Waals surface area contributed by atoms with Crippen molar-refractivity contribution in [1.29, 1.82) is 0 Å². The maximum atomic E-state index is 11.5. The van der Waals surface area contributed by atoms with Crippen LogP contribution in [0.2, 0.25) is 0 Å². The van der Waals surface area contributed by atoms with Gasteiger partial charge in [-0.1, -0.05) is 23.5 Å². The number of nitrogens with one attached hydrogen (secondary N) is 1. The highest BCUT2D eigenvalue weighted by molar-refractivity contribution is 7.11. The number of thiazole rings is 1. The van der Waals surface area contributed by atoms with Crippen molar-refractivity contribution in [1.82, 2.24) is 10.3 Å². The topological polar surface area (TPSA) is 51.2 Å². The van der Waals surface area contributed by atoms with E-state index in [4.69, 9.17) is 4.74 Å². The number of benzene rings is 1. The molecule has 0 saturated heterocycles. The fraction of sp³-hybridized carbons (Fsp3) is 0.286. The Hall–Kier alpha value is -1.88. The van der Waals surface area contributed by atoms with Crippen molar-refractivity contribution in [2.75, 3.05) is 0 Å². The molecule has 0 bridgehead atoms. The van der Waals surface area contributed by atoms with Crippen LogP contribution in [-0.2, 0) is 11.3 Å². The second-order valence-electron chi connectivity index (χ2n) is 4.54. The first-order valence-electron chi connectivity index (χ1n) is 6.25. The molecule has 3 rings (SSSR count). The third-order valence-corrected chi connectivity index (χ3v) is 3.60. The molecular weight excluding hydrogens is 260 g/mol. The van der Waals surface area contributed by atoms with E-state index in [0.29, 0.717) is 11.7 Å². The van der Waals surface area contributed by atoms with Crippen LogP contribution in [0.25, 0.3) is 0 Å². The molecule has 1 aliphatic rings. The maximum Gasteiger partial charge on any atom is 0.278 e. The molecule has 98 valence electrons. The Morgan fingerprint density at radius 3 is 2.79 bits per heavy atom. The summed E-state index contributed by atoms with van der Waals surface area (Å²) in [6.45, 7) is 0.576. The van der Waals surface area contributed by atoms with E-state index in [0.717, 1.165) is 24.2 Å². The summed E-state index contributed by atoms with van der Waals surface area (Å²) in [5, 5.41) is 5.44. The summed E-state index contributed by atoms with van der Waals surface area (Å²) >= 11 is 1.46. The lowest BCUT2D eigenvalue weighted by Gasteiger charge is -2.06. The van der Waals surface area contributed by atoms with Crippen LogP contribution < -0.4 is 10.1 Å². The molecule has 0 spiro atoms. The van der Waals surface area contributed by atoms with Gasteiger partial charge in [0.15, 0.2) is 0 Å². The van der Waals surface area contributed by atoms with E-state index in [1.54, 1.807) is 6.20 Å². The van der Waals surface area contributed by atoms with Crippen molar-refractivity contribution < 1.29 is 9.53 Å². The number of amides is 1. The van der Waals surface area contributed by atoms with Crippen molar-refractivity contribution in [3.05, 3.63) is 41.4 Å². The van der Waals surface area contributed by atoms with Crippen molar-refractivity contribution in [3.8, 4) is 10.9 Å². The number of ether oxygens (including phenoxy) is 1. The minimum atomic E-state index is 0.170. The zero-order valence-electron chi connectivity index (χ0n) is 10.3. The van der Waals surface area contributed by atoms with Gasteiger partial charge in [-0.2, -0.15) is 0 Å². The standard InChI is InChI=1S/C14H14N2O2S/c17-13(11-3-4-11)16-9-10-1-5-12(6-2-10)18-14-15-7-8-19-14/h1-2,5-8,11H,3-4,9H2,(H,16,17).